The molecule has 0 aliphatic rings. The highest BCUT2D eigenvalue weighted by atomic mass is 16.5. The van der Waals surface area contributed by atoms with E-state index in [9.17, 15) is 14.4 Å². The number of benzene rings is 2. The average Bonchev–Trinajstić information content (AvgIpc) is 3.34. The predicted molar refractivity (Wildman–Crippen MR) is 139 cm³/mol. The molecule has 0 spiro atoms. The van der Waals surface area contributed by atoms with Crippen molar-refractivity contribution in [3.63, 3.8) is 0 Å². The molecule has 4 aromatic rings. The van der Waals surface area contributed by atoms with Gasteiger partial charge in [-0.25, -0.2) is 9.78 Å². The normalized spacial score (nSPS) is 11.0. The van der Waals surface area contributed by atoms with Gasteiger partial charge in [0, 0.05) is 23.2 Å². The molecule has 0 amide bonds. The van der Waals surface area contributed by atoms with Gasteiger partial charge in [-0.15, -0.1) is 0 Å². The molecule has 0 unspecified atom stereocenters. The van der Waals surface area contributed by atoms with E-state index in [0.29, 0.717) is 35.9 Å². The summed E-state index contributed by atoms with van der Waals surface area (Å²) in [5, 5.41) is 3.82. The number of hydrogen-bond donors (Lipinski definition) is 1. The summed E-state index contributed by atoms with van der Waals surface area (Å²) in [7, 11) is 0. The number of nitrogens with zero attached hydrogens (tertiary/aromatic N) is 3. The van der Waals surface area contributed by atoms with Crippen molar-refractivity contribution in [3.8, 4) is 22.5 Å². The number of carbonyl (C=O) groups excluding carboxylic acids is 1. The minimum atomic E-state index is -0.612. The molecule has 0 aliphatic heterocycles. The molecule has 2 aromatic heterocycles. The quantitative estimate of drug-likeness (QED) is 0.325. The molecule has 2 heterocycles. The van der Waals surface area contributed by atoms with Crippen LogP contribution in [0.5, 0.6) is 0 Å². The van der Waals surface area contributed by atoms with Gasteiger partial charge < -0.3 is 4.74 Å². The fourth-order valence-electron chi connectivity index (χ4n) is 4.26. The van der Waals surface area contributed by atoms with Crippen molar-refractivity contribution in [2.24, 2.45) is 0 Å². The van der Waals surface area contributed by atoms with Crippen LogP contribution in [0.1, 0.15) is 49.3 Å². The number of unbranched alkanes of at least 4 members (excludes halogenated alkanes) is 1. The topological polar surface area (TPSA) is 120 Å². The van der Waals surface area contributed by atoms with Gasteiger partial charge in [0.2, 0.25) is 0 Å². The third-order valence-corrected chi connectivity index (χ3v) is 6.16. The van der Waals surface area contributed by atoms with E-state index in [2.05, 4.69) is 21.6 Å². The second kappa shape index (κ2) is 11.6. The molecule has 9 heteroatoms. The highest BCUT2D eigenvalue weighted by molar-refractivity contribution is 5.80. The Labute approximate surface area is 214 Å². The Morgan fingerprint density at radius 1 is 1.05 bits per heavy atom. The molecule has 2 aromatic carbocycles. The second-order valence-corrected chi connectivity index (χ2v) is 8.75. The molecular weight excluding hydrogens is 472 g/mol. The Morgan fingerprint density at radius 2 is 1.78 bits per heavy atom. The largest absolute Gasteiger partial charge is 0.466 e. The number of aromatic amines is 1. The van der Waals surface area contributed by atoms with Crippen molar-refractivity contribution in [3.05, 3.63) is 92.1 Å². The van der Waals surface area contributed by atoms with Gasteiger partial charge in [0.1, 0.15) is 5.82 Å². The van der Waals surface area contributed by atoms with Crippen LogP contribution in [0.3, 0.4) is 0 Å². The molecule has 0 atom stereocenters. The Hall–Kier alpha value is -4.27. The zero-order valence-electron chi connectivity index (χ0n) is 21.2. The van der Waals surface area contributed by atoms with E-state index < -0.39 is 11.7 Å². The third kappa shape index (κ3) is 5.94. The molecule has 192 valence electrons. The summed E-state index contributed by atoms with van der Waals surface area (Å²) in [6, 6.07) is 15.4. The number of ether oxygens (including phenoxy) is 1. The number of H-pyrrole nitrogens is 1. The van der Waals surface area contributed by atoms with Crippen LogP contribution in [0.25, 0.3) is 22.5 Å². The van der Waals surface area contributed by atoms with Crippen LogP contribution >= 0.6 is 0 Å². The second-order valence-electron chi connectivity index (χ2n) is 8.75. The highest BCUT2D eigenvalue weighted by Gasteiger charge is 2.18. The molecule has 0 aliphatic carbocycles. The Bertz CT molecular complexity index is 1500. The first-order valence-corrected chi connectivity index (χ1v) is 12.4. The van der Waals surface area contributed by atoms with Crippen LogP contribution < -0.4 is 11.3 Å². The van der Waals surface area contributed by atoms with Gasteiger partial charge in [-0.05, 0) is 37.0 Å². The number of aromatic nitrogens is 4. The Kier molecular flexibility index (Phi) is 8.12. The van der Waals surface area contributed by atoms with Crippen molar-refractivity contribution in [1.82, 2.24) is 19.7 Å². The lowest BCUT2D eigenvalue weighted by Crippen LogP contribution is -2.31. The zero-order chi connectivity index (χ0) is 26.4. The predicted octanol–water partition coefficient (Wildman–Crippen LogP) is 4.06. The third-order valence-electron chi connectivity index (χ3n) is 6.16. The molecule has 0 saturated heterocycles. The molecule has 1 N–H and O–H groups in total. The summed E-state index contributed by atoms with van der Waals surface area (Å²) in [6.45, 7) is 6.19. The van der Waals surface area contributed by atoms with Gasteiger partial charge in [-0.3, -0.25) is 23.7 Å². The van der Waals surface area contributed by atoms with E-state index in [-0.39, 0.29) is 18.6 Å². The minimum Gasteiger partial charge on any atom is -0.466 e. The number of nitrogens with one attached hydrogen (secondary N) is 1. The lowest BCUT2D eigenvalue weighted by molar-refractivity contribution is -0.142. The van der Waals surface area contributed by atoms with Gasteiger partial charge in [0.25, 0.3) is 5.56 Å². The molecule has 0 radical (unpaired) electrons. The highest BCUT2D eigenvalue weighted by Crippen LogP contribution is 2.30. The smallest absolute Gasteiger partial charge is 0.439 e. The summed E-state index contributed by atoms with van der Waals surface area (Å²) >= 11 is 0. The summed E-state index contributed by atoms with van der Waals surface area (Å²) in [5.74, 6) is 0.0188. The van der Waals surface area contributed by atoms with Crippen LogP contribution in [0.15, 0.2) is 62.6 Å². The first-order valence-electron chi connectivity index (χ1n) is 12.4. The summed E-state index contributed by atoms with van der Waals surface area (Å²) in [5.41, 5.74) is 4.19. The maximum Gasteiger partial charge on any atom is 0.439 e. The monoisotopic (exact) mass is 502 g/mol. The van der Waals surface area contributed by atoms with E-state index in [4.69, 9.17) is 9.72 Å². The first-order chi connectivity index (χ1) is 17.9. The molecular formula is C28H30N4O5. The van der Waals surface area contributed by atoms with Crippen LogP contribution in [-0.2, 0) is 28.9 Å². The number of esters is 1. The van der Waals surface area contributed by atoms with E-state index in [0.717, 1.165) is 35.1 Å². The van der Waals surface area contributed by atoms with Gasteiger partial charge in [0.15, 0.2) is 5.82 Å². The fourth-order valence-corrected chi connectivity index (χ4v) is 4.26. The van der Waals surface area contributed by atoms with Crippen LogP contribution in [0.4, 0.5) is 0 Å². The first kappa shape index (κ1) is 25.8. The fraction of sp³-hybridized carbons (Fsp3) is 0.321. The van der Waals surface area contributed by atoms with Gasteiger partial charge in [0.05, 0.1) is 19.6 Å². The lowest BCUT2D eigenvalue weighted by Gasteiger charge is -2.16. The Balaban J connectivity index is 1.67. The van der Waals surface area contributed by atoms with Crippen molar-refractivity contribution in [2.75, 3.05) is 6.61 Å². The van der Waals surface area contributed by atoms with Crippen molar-refractivity contribution in [1.29, 1.82) is 0 Å². The van der Waals surface area contributed by atoms with E-state index in [1.165, 1.54) is 0 Å². The number of aryl methyl sites for hydroxylation is 2. The van der Waals surface area contributed by atoms with Crippen LogP contribution in [0.2, 0.25) is 0 Å². The molecule has 9 nitrogen and oxygen atoms in total. The molecule has 0 bridgehead atoms. The van der Waals surface area contributed by atoms with Crippen LogP contribution in [0, 0.1) is 6.92 Å². The number of rotatable bonds is 10. The molecule has 4 rings (SSSR count). The van der Waals surface area contributed by atoms with Gasteiger partial charge >= 0.3 is 11.7 Å². The minimum absolute atomic E-state index is 0.0978. The van der Waals surface area contributed by atoms with Crippen molar-refractivity contribution < 1.29 is 14.1 Å². The number of carbonyl (C=O) groups is 1. The van der Waals surface area contributed by atoms with Crippen LogP contribution in [-0.4, -0.2) is 32.3 Å². The average molecular weight is 503 g/mol. The van der Waals surface area contributed by atoms with Gasteiger partial charge in [-0.2, -0.15) is 0 Å². The lowest BCUT2D eigenvalue weighted by atomic mass is 9.98. The summed E-state index contributed by atoms with van der Waals surface area (Å²) in [6.07, 6.45) is 2.46. The zero-order valence-corrected chi connectivity index (χ0v) is 21.2. The number of hydrogen-bond acceptors (Lipinski definition) is 7. The van der Waals surface area contributed by atoms with E-state index in [1.54, 1.807) is 18.4 Å². The maximum atomic E-state index is 13.5. The van der Waals surface area contributed by atoms with E-state index >= 15 is 0 Å². The molecule has 0 fully saturated rings. The molecule has 0 saturated carbocycles. The Morgan fingerprint density at radius 3 is 2.43 bits per heavy atom. The standard InChI is InChI=1S/C28H30N4O5/c1-4-6-11-24-29-18(3)23(16-25(33)36-5-2)27(34)32(24)17-19-12-14-20(15-13-19)21-9-7-8-10-22(21)26-30-28(35)37-31-26/h7-10,12-15H,4-6,11,16-17H2,1-3H3,(H,30,31,35). The van der Waals surface area contributed by atoms with Crippen molar-refractivity contribution >= 4 is 5.97 Å². The van der Waals surface area contributed by atoms with Gasteiger partial charge in [-0.1, -0.05) is 67.0 Å². The maximum absolute atomic E-state index is 13.5. The van der Waals surface area contributed by atoms with Crippen molar-refractivity contribution in [2.45, 2.75) is 53.0 Å². The SMILES string of the molecule is CCCCc1nc(C)c(CC(=O)OCC)c(=O)n1Cc1ccc(-c2ccccc2-c2noc(=O)[nH]2)cc1. The summed E-state index contributed by atoms with van der Waals surface area (Å²) < 4.78 is 11.4. The van der Waals surface area contributed by atoms with E-state index in [1.807, 2.05) is 48.5 Å². The molecule has 37 heavy (non-hydrogen) atoms. The summed E-state index contributed by atoms with van der Waals surface area (Å²) in [4.78, 5) is 44.3.